The van der Waals surface area contributed by atoms with Crippen molar-refractivity contribution in [2.45, 2.75) is 37.6 Å². The summed E-state index contributed by atoms with van der Waals surface area (Å²) in [7, 11) is 0. The van der Waals surface area contributed by atoms with Gasteiger partial charge in [0.25, 0.3) is 5.69 Å². The van der Waals surface area contributed by atoms with Crippen molar-refractivity contribution in [1.29, 1.82) is 0 Å². The number of non-ortho nitro benzene ring substituents is 1. The molecule has 37 heavy (non-hydrogen) atoms. The molecule has 2 atom stereocenters. The molecule has 192 valence electrons. The van der Waals surface area contributed by atoms with E-state index in [1.165, 1.54) is 24.3 Å². The van der Waals surface area contributed by atoms with Crippen LogP contribution in [0.15, 0.2) is 84.9 Å². The zero-order valence-electron chi connectivity index (χ0n) is 20.5. The van der Waals surface area contributed by atoms with Gasteiger partial charge < -0.3 is 15.2 Å². The molecule has 3 aromatic carbocycles. The molecule has 0 unspecified atom stereocenters. The second-order valence-corrected chi connectivity index (χ2v) is 8.61. The maximum absolute atomic E-state index is 13.9. The number of carboxylic acid groups (broad SMARTS) is 1. The van der Waals surface area contributed by atoms with Crippen molar-refractivity contribution in [2.75, 3.05) is 6.61 Å². The molecule has 0 spiro atoms. The third-order valence-corrected chi connectivity index (χ3v) is 6.34. The average Bonchev–Trinajstić information content (AvgIpc) is 2.91. The van der Waals surface area contributed by atoms with Gasteiger partial charge in [0.05, 0.1) is 23.4 Å². The fourth-order valence-electron chi connectivity index (χ4n) is 4.26. The van der Waals surface area contributed by atoms with Crippen LogP contribution in [0, 0.1) is 10.1 Å². The number of nitrogens with one attached hydrogen (secondary N) is 1. The van der Waals surface area contributed by atoms with Gasteiger partial charge in [-0.25, -0.2) is 4.79 Å². The summed E-state index contributed by atoms with van der Waals surface area (Å²) in [4.78, 5) is 49.3. The van der Waals surface area contributed by atoms with Crippen molar-refractivity contribution < 1.29 is 29.2 Å². The van der Waals surface area contributed by atoms with Crippen molar-refractivity contribution >= 4 is 23.5 Å². The number of nitrogens with zero attached hydrogens (tertiary/aromatic N) is 1. The summed E-state index contributed by atoms with van der Waals surface area (Å²) in [5.41, 5.74) is 0.211. The number of carboxylic acids is 1. The highest BCUT2D eigenvalue weighted by molar-refractivity contribution is 5.94. The minimum absolute atomic E-state index is 0.0933. The van der Waals surface area contributed by atoms with Gasteiger partial charge in [0.1, 0.15) is 6.04 Å². The summed E-state index contributed by atoms with van der Waals surface area (Å²) in [6.45, 7) is 3.43. The van der Waals surface area contributed by atoms with Gasteiger partial charge in [-0.3, -0.25) is 19.7 Å². The number of esters is 1. The molecular formula is C28H28N2O7. The number of hydrogen-bond donors (Lipinski definition) is 2. The monoisotopic (exact) mass is 504 g/mol. The fourth-order valence-corrected chi connectivity index (χ4v) is 4.26. The second-order valence-electron chi connectivity index (χ2n) is 8.61. The van der Waals surface area contributed by atoms with Crippen LogP contribution in [-0.4, -0.2) is 40.5 Å². The van der Waals surface area contributed by atoms with E-state index in [1.807, 2.05) is 12.1 Å². The first-order valence-electron chi connectivity index (χ1n) is 11.7. The highest BCUT2D eigenvalue weighted by Crippen LogP contribution is 2.34. The Kier molecular flexibility index (Phi) is 8.73. The van der Waals surface area contributed by atoms with Crippen LogP contribution in [0.25, 0.3) is 0 Å². The lowest BCUT2D eigenvalue weighted by atomic mass is 9.75. The molecule has 0 saturated carbocycles. The molecule has 0 aliphatic rings. The van der Waals surface area contributed by atoms with E-state index in [0.29, 0.717) is 16.7 Å². The lowest BCUT2D eigenvalue weighted by Gasteiger charge is -2.33. The van der Waals surface area contributed by atoms with E-state index in [1.54, 1.807) is 62.4 Å². The highest BCUT2D eigenvalue weighted by atomic mass is 16.6. The van der Waals surface area contributed by atoms with E-state index in [-0.39, 0.29) is 18.7 Å². The molecular weight excluding hydrogens is 476 g/mol. The number of ether oxygens (including phenoxy) is 1. The third kappa shape index (κ3) is 6.19. The number of benzene rings is 3. The van der Waals surface area contributed by atoms with Crippen LogP contribution in [0.5, 0.6) is 0 Å². The van der Waals surface area contributed by atoms with Crippen LogP contribution in [0.2, 0.25) is 0 Å². The molecule has 9 heteroatoms. The summed E-state index contributed by atoms with van der Waals surface area (Å²) >= 11 is 0. The number of nitro benzene ring substituents is 1. The Hall–Kier alpha value is -4.53. The largest absolute Gasteiger partial charge is 0.480 e. The van der Waals surface area contributed by atoms with E-state index in [2.05, 4.69) is 5.32 Å². The van der Waals surface area contributed by atoms with Crippen molar-refractivity contribution in [2.24, 2.45) is 0 Å². The first-order chi connectivity index (χ1) is 17.7. The molecule has 0 bridgehead atoms. The maximum Gasteiger partial charge on any atom is 0.326 e. The quantitative estimate of drug-likeness (QED) is 0.227. The molecule has 0 heterocycles. The zero-order chi connectivity index (χ0) is 27.0. The minimum atomic E-state index is -1.52. The number of rotatable bonds is 11. The van der Waals surface area contributed by atoms with Crippen LogP contribution in [0.4, 0.5) is 5.69 Å². The highest BCUT2D eigenvalue weighted by Gasteiger charge is 2.41. The molecule has 0 aromatic heterocycles. The van der Waals surface area contributed by atoms with Gasteiger partial charge in [-0.1, -0.05) is 72.8 Å². The molecule has 0 aliphatic heterocycles. The first kappa shape index (κ1) is 27.1. The first-order valence-corrected chi connectivity index (χ1v) is 11.7. The summed E-state index contributed by atoms with van der Waals surface area (Å²) < 4.78 is 5.04. The number of amides is 1. The van der Waals surface area contributed by atoms with Crippen LogP contribution in [-0.2, 0) is 24.5 Å². The topological polar surface area (TPSA) is 136 Å². The SMILES string of the molecule is CCOC(=O)C[C@@H](c1ccc([N+](=O)[O-])cc1)[C@H](NC(=O)C(C)(c1ccccc1)c1ccccc1)C(=O)O. The van der Waals surface area contributed by atoms with Gasteiger partial charge >= 0.3 is 11.9 Å². The number of carbonyl (C=O) groups is 3. The molecule has 3 aromatic rings. The van der Waals surface area contributed by atoms with Gasteiger partial charge in [0.2, 0.25) is 5.91 Å². The van der Waals surface area contributed by atoms with Crippen molar-refractivity contribution in [3.8, 4) is 0 Å². The molecule has 0 aliphatic carbocycles. The van der Waals surface area contributed by atoms with Gasteiger partial charge in [0, 0.05) is 18.1 Å². The maximum atomic E-state index is 13.9. The van der Waals surface area contributed by atoms with Crippen LogP contribution in [0.3, 0.4) is 0 Å². The van der Waals surface area contributed by atoms with E-state index in [9.17, 15) is 29.6 Å². The van der Waals surface area contributed by atoms with Crippen LogP contribution in [0.1, 0.15) is 42.9 Å². The number of carbonyl (C=O) groups excluding carboxylic acids is 2. The normalized spacial score (nSPS) is 12.7. The van der Waals surface area contributed by atoms with Crippen LogP contribution < -0.4 is 5.32 Å². The van der Waals surface area contributed by atoms with Crippen molar-refractivity contribution in [1.82, 2.24) is 5.32 Å². The van der Waals surface area contributed by atoms with Gasteiger partial charge in [-0.2, -0.15) is 0 Å². The lowest BCUT2D eigenvalue weighted by molar-refractivity contribution is -0.384. The smallest absolute Gasteiger partial charge is 0.326 e. The summed E-state index contributed by atoms with van der Waals surface area (Å²) in [5, 5.41) is 23.9. The van der Waals surface area contributed by atoms with Gasteiger partial charge in [0.15, 0.2) is 0 Å². The third-order valence-electron chi connectivity index (χ3n) is 6.34. The molecule has 3 rings (SSSR count). The molecule has 9 nitrogen and oxygen atoms in total. The Bertz CT molecular complexity index is 1210. The Balaban J connectivity index is 2.05. The fraction of sp³-hybridized carbons (Fsp3) is 0.250. The summed E-state index contributed by atoms with van der Waals surface area (Å²) in [5.74, 6) is -3.63. The summed E-state index contributed by atoms with van der Waals surface area (Å²) in [6, 6.07) is 21.6. The summed E-state index contributed by atoms with van der Waals surface area (Å²) in [6.07, 6.45) is -0.351. The average molecular weight is 505 g/mol. The Labute approximate surface area is 214 Å². The standard InChI is InChI=1S/C28H28N2O7/c1-3-37-24(31)18-23(19-14-16-22(17-15-19)30(35)36)25(26(32)33)29-27(34)28(2,20-10-6-4-7-11-20)21-12-8-5-9-13-21/h4-17,23,25H,3,18H2,1-2H3,(H,29,34)(H,32,33)/t23-,25-/m0/s1. The predicted molar refractivity (Wildman–Crippen MR) is 136 cm³/mol. The number of hydrogen-bond acceptors (Lipinski definition) is 6. The Morgan fingerprint density at radius 2 is 1.46 bits per heavy atom. The predicted octanol–water partition coefficient (Wildman–Crippen LogP) is 4.21. The molecule has 0 fully saturated rings. The van der Waals surface area contributed by atoms with Gasteiger partial charge in [-0.05, 0) is 30.5 Å². The zero-order valence-corrected chi connectivity index (χ0v) is 20.5. The minimum Gasteiger partial charge on any atom is -0.480 e. The molecule has 2 N–H and O–H groups in total. The van der Waals surface area contributed by atoms with Gasteiger partial charge in [-0.15, -0.1) is 0 Å². The number of nitro groups is 1. The lowest BCUT2D eigenvalue weighted by Crippen LogP contribution is -2.52. The molecule has 0 radical (unpaired) electrons. The molecule has 0 saturated heterocycles. The Morgan fingerprint density at radius 1 is 0.946 bits per heavy atom. The Morgan fingerprint density at radius 3 is 1.89 bits per heavy atom. The van der Waals surface area contributed by atoms with Crippen molar-refractivity contribution in [3.63, 3.8) is 0 Å². The number of aliphatic carboxylic acids is 1. The second kappa shape index (κ2) is 11.9. The van der Waals surface area contributed by atoms with Crippen molar-refractivity contribution in [3.05, 3.63) is 112 Å². The molecule has 1 amide bonds. The van der Waals surface area contributed by atoms with E-state index >= 15 is 0 Å². The van der Waals surface area contributed by atoms with E-state index < -0.39 is 40.1 Å². The van der Waals surface area contributed by atoms with E-state index in [0.717, 1.165) is 0 Å². The van der Waals surface area contributed by atoms with Crippen LogP contribution >= 0.6 is 0 Å². The van der Waals surface area contributed by atoms with E-state index in [4.69, 9.17) is 4.74 Å².